The lowest BCUT2D eigenvalue weighted by Gasteiger charge is -2.47. The Morgan fingerprint density at radius 1 is 1.21 bits per heavy atom. The summed E-state index contributed by atoms with van der Waals surface area (Å²) < 4.78 is 26.8. The molecule has 106 valence electrons. The first kappa shape index (κ1) is 14.4. The average Bonchev–Trinajstić information content (AvgIpc) is 2.24. The van der Waals surface area contributed by atoms with E-state index in [1.807, 2.05) is 0 Å². The molecule has 0 bridgehead atoms. The van der Waals surface area contributed by atoms with Gasteiger partial charge in [0.2, 0.25) is 0 Å². The summed E-state index contributed by atoms with van der Waals surface area (Å²) in [5.74, 6) is 0.265. The molecule has 1 aromatic rings. The molecule has 1 fully saturated rings. The van der Waals surface area contributed by atoms with E-state index in [4.69, 9.17) is 0 Å². The summed E-state index contributed by atoms with van der Waals surface area (Å²) >= 11 is 0. The number of benzene rings is 1. The zero-order chi connectivity index (χ0) is 14.0. The van der Waals surface area contributed by atoms with E-state index in [-0.39, 0.29) is 5.41 Å². The van der Waals surface area contributed by atoms with Gasteiger partial charge in [-0.05, 0) is 48.9 Å². The van der Waals surface area contributed by atoms with Gasteiger partial charge in [-0.3, -0.25) is 0 Å². The smallest absolute Gasteiger partial charge is 0.126 e. The van der Waals surface area contributed by atoms with Crippen molar-refractivity contribution >= 4 is 0 Å². The van der Waals surface area contributed by atoms with E-state index in [2.05, 4.69) is 26.1 Å². The Hall–Kier alpha value is -0.960. The monoisotopic (exact) mass is 267 g/mol. The lowest BCUT2D eigenvalue weighted by atomic mass is 9.59. The van der Waals surface area contributed by atoms with Crippen molar-refractivity contribution in [2.75, 3.05) is 13.1 Å². The van der Waals surface area contributed by atoms with Gasteiger partial charge in [-0.1, -0.05) is 20.8 Å². The third-order valence-electron chi connectivity index (χ3n) is 3.97. The lowest BCUT2D eigenvalue weighted by Crippen LogP contribution is -2.48. The molecule has 0 spiro atoms. The molecule has 0 radical (unpaired) electrons. The summed E-state index contributed by atoms with van der Waals surface area (Å²) in [7, 11) is 0. The molecule has 2 rings (SSSR count). The highest BCUT2D eigenvalue weighted by Crippen LogP contribution is 2.47. The summed E-state index contributed by atoms with van der Waals surface area (Å²) in [6.45, 7) is 8.25. The second kappa shape index (κ2) is 5.58. The molecular weight excluding hydrogens is 244 g/mol. The Labute approximate surface area is 114 Å². The fourth-order valence-corrected chi connectivity index (χ4v) is 3.22. The molecule has 1 aliphatic carbocycles. The molecule has 19 heavy (non-hydrogen) atoms. The molecule has 1 aromatic carbocycles. The molecule has 0 saturated heterocycles. The predicted octanol–water partition coefficient (Wildman–Crippen LogP) is 3.88. The van der Waals surface area contributed by atoms with E-state index in [0.29, 0.717) is 11.8 Å². The Morgan fingerprint density at radius 2 is 1.79 bits per heavy atom. The Kier molecular flexibility index (Phi) is 4.24. The van der Waals surface area contributed by atoms with Crippen LogP contribution in [0, 0.1) is 23.5 Å². The maximum atomic E-state index is 13.4. The number of halogens is 2. The summed E-state index contributed by atoms with van der Waals surface area (Å²) in [5.41, 5.74) is 0.719. The van der Waals surface area contributed by atoms with Gasteiger partial charge < -0.3 is 5.32 Å². The Balaban J connectivity index is 2.14. The van der Waals surface area contributed by atoms with Gasteiger partial charge in [-0.25, -0.2) is 8.78 Å². The van der Waals surface area contributed by atoms with Crippen molar-refractivity contribution in [3.05, 3.63) is 35.4 Å². The predicted molar refractivity (Wildman–Crippen MR) is 74.1 cm³/mol. The van der Waals surface area contributed by atoms with Gasteiger partial charge in [0.1, 0.15) is 11.6 Å². The SMILES string of the molecule is CC(C)CNCC1(c2cc(F)cc(F)c2)CC(C)C1. The van der Waals surface area contributed by atoms with Crippen LogP contribution in [0.3, 0.4) is 0 Å². The molecule has 3 heteroatoms. The highest BCUT2D eigenvalue weighted by atomic mass is 19.1. The van der Waals surface area contributed by atoms with Crippen molar-refractivity contribution < 1.29 is 8.78 Å². The summed E-state index contributed by atoms with van der Waals surface area (Å²) in [5, 5.41) is 3.44. The van der Waals surface area contributed by atoms with Crippen molar-refractivity contribution in [3.8, 4) is 0 Å². The summed E-state index contributed by atoms with van der Waals surface area (Å²) in [6.07, 6.45) is 2.00. The normalized spacial score (nSPS) is 26.5. The van der Waals surface area contributed by atoms with Crippen LogP contribution in [-0.4, -0.2) is 13.1 Å². The maximum Gasteiger partial charge on any atom is 0.126 e. The zero-order valence-electron chi connectivity index (χ0n) is 12.0. The van der Waals surface area contributed by atoms with Crippen LogP contribution in [0.25, 0.3) is 0 Å². The van der Waals surface area contributed by atoms with Crippen molar-refractivity contribution in [2.45, 2.75) is 39.0 Å². The van der Waals surface area contributed by atoms with E-state index >= 15 is 0 Å². The van der Waals surface area contributed by atoms with Crippen molar-refractivity contribution in [3.63, 3.8) is 0 Å². The molecule has 1 aliphatic rings. The first-order chi connectivity index (χ1) is 8.91. The van der Waals surface area contributed by atoms with Crippen LogP contribution in [0.2, 0.25) is 0 Å². The van der Waals surface area contributed by atoms with Crippen LogP contribution >= 0.6 is 0 Å². The highest BCUT2D eigenvalue weighted by Gasteiger charge is 2.43. The fourth-order valence-electron chi connectivity index (χ4n) is 3.22. The van der Waals surface area contributed by atoms with E-state index < -0.39 is 11.6 Å². The van der Waals surface area contributed by atoms with Gasteiger partial charge in [0.15, 0.2) is 0 Å². The topological polar surface area (TPSA) is 12.0 Å². The van der Waals surface area contributed by atoms with Gasteiger partial charge in [0, 0.05) is 18.0 Å². The first-order valence-electron chi connectivity index (χ1n) is 7.08. The Bertz CT molecular complexity index is 416. The zero-order valence-corrected chi connectivity index (χ0v) is 12.0. The van der Waals surface area contributed by atoms with Crippen molar-refractivity contribution in [2.24, 2.45) is 11.8 Å². The molecule has 0 atom stereocenters. The van der Waals surface area contributed by atoms with Crippen LogP contribution in [-0.2, 0) is 5.41 Å². The second-order valence-electron chi connectivity index (χ2n) is 6.48. The number of hydrogen-bond acceptors (Lipinski definition) is 1. The molecular formula is C16H23F2N. The minimum atomic E-state index is -0.474. The van der Waals surface area contributed by atoms with E-state index in [9.17, 15) is 8.78 Å². The van der Waals surface area contributed by atoms with Gasteiger partial charge >= 0.3 is 0 Å². The molecule has 0 aliphatic heterocycles. The number of rotatable bonds is 5. The highest BCUT2D eigenvalue weighted by molar-refractivity contribution is 5.30. The molecule has 1 N–H and O–H groups in total. The number of nitrogens with one attached hydrogen (secondary N) is 1. The lowest BCUT2D eigenvalue weighted by molar-refractivity contribution is 0.150. The molecule has 1 saturated carbocycles. The van der Waals surface area contributed by atoms with E-state index in [1.54, 1.807) is 0 Å². The third kappa shape index (κ3) is 3.33. The van der Waals surface area contributed by atoms with Gasteiger partial charge in [-0.15, -0.1) is 0 Å². The molecule has 1 nitrogen and oxygen atoms in total. The summed E-state index contributed by atoms with van der Waals surface area (Å²) in [6, 6.07) is 3.93. The van der Waals surface area contributed by atoms with Gasteiger partial charge in [-0.2, -0.15) is 0 Å². The molecule has 0 aromatic heterocycles. The van der Waals surface area contributed by atoms with Crippen molar-refractivity contribution in [1.29, 1.82) is 0 Å². The van der Waals surface area contributed by atoms with Crippen LogP contribution < -0.4 is 5.32 Å². The molecule has 0 heterocycles. The molecule has 0 amide bonds. The quantitative estimate of drug-likeness (QED) is 0.853. The standard InChI is InChI=1S/C16H23F2N/c1-11(2)9-19-10-16(7-12(3)8-16)13-4-14(17)6-15(18)5-13/h4-6,11-12,19H,7-10H2,1-3H3. The van der Waals surface area contributed by atoms with Crippen LogP contribution in [0.5, 0.6) is 0 Å². The maximum absolute atomic E-state index is 13.4. The van der Waals surface area contributed by atoms with Crippen molar-refractivity contribution in [1.82, 2.24) is 5.32 Å². The minimum absolute atomic E-state index is 0.0861. The minimum Gasteiger partial charge on any atom is -0.316 e. The van der Waals surface area contributed by atoms with Crippen LogP contribution in [0.15, 0.2) is 18.2 Å². The number of hydrogen-bond donors (Lipinski definition) is 1. The van der Waals surface area contributed by atoms with Crippen LogP contribution in [0.4, 0.5) is 8.78 Å². The largest absolute Gasteiger partial charge is 0.316 e. The fraction of sp³-hybridized carbons (Fsp3) is 0.625. The molecule has 0 unspecified atom stereocenters. The average molecular weight is 267 g/mol. The Morgan fingerprint density at radius 3 is 2.26 bits per heavy atom. The second-order valence-corrected chi connectivity index (χ2v) is 6.48. The summed E-state index contributed by atoms with van der Waals surface area (Å²) in [4.78, 5) is 0. The third-order valence-corrected chi connectivity index (χ3v) is 3.97. The van der Waals surface area contributed by atoms with E-state index in [1.165, 1.54) is 12.1 Å². The van der Waals surface area contributed by atoms with Gasteiger partial charge in [0.25, 0.3) is 0 Å². The van der Waals surface area contributed by atoms with E-state index in [0.717, 1.165) is 37.6 Å². The van der Waals surface area contributed by atoms with Crippen LogP contribution in [0.1, 0.15) is 39.2 Å². The van der Waals surface area contributed by atoms with Gasteiger partial charge in [0.05, 0.1) is 0 Å². The first-order valence-corrected chi connectivity index (χ1v) is 7.08.